The summed E-state index contributed by atoms with van der Waals surface area (Å²) in [6, 6.07) is 5.32. The molecule has 0 aliphatic heterocycles. The average molecular weight is 474 g/mol. The van der Waals surface area contributed by atoms with E-state index in [1.807, 2.05) is 16.7 Å². The maximum Gasteiger partial charge on any atom is 0.141 e. The van der Waals surface area contributed by atoms with Crippen LogP contribution in [0, 0.1) is 0 Å². The number of benzene rings is 1. The molecule has 0 amide bonds. The summed E-state index contributed by atoms with van der Waals surface area (Å²) in [6.45, 7) is 3.83. The molecule has 1 fully saturated rings. The van der Waals surface area contributed by atoms with Crippen molar-refractivity contribution in [1.82, 2.24) is 24.4 Å². The van der Waals surface area contributed by atoms with Crippen LogP contribution in [-0.4, -0.2) is 46.8 Å². The van der Waals surface area contributed by atoms with Gasteiger partial charge in [-0.15, -0.1) is 16.4 Å². The van der Waals surface area contributed by atoms with Crippen molar-refractivity contribution in [1.29, 1.82) is 0 Å². The fourth-order valence-electron chi connectivity index (χ4n) is 3.56. The Morgan fingerprint density at radius 1 is 1.34 bits per heavy atom. The van der Waals surface area contributed by atoms with E-state index in [1.54, 1.807) is 54.5 Å². The van der Waals surface area contributed by atoms with Crippen LogP contribution in [0.1, 0.15) is 61.4 Å². The number of imidazole rings is 1. The van der Waals surface area contributed by atoms with Gasteiger partial charge in [0.1, 0.15) is 28.7 Å². The van der Waals surface area contributed by atoms with Gasteiger partial charge in [-0.25, -0.2) is 9.67 Å². The Kier molecular flexibility index (Phi) is 5.45. The summed E-state index contributed by atoms with van der Waals surface area (Å²) in [7, 11) is 0. The summed E-state index contributed by atoms with van der Waals surface area (Å²) in [5.41, 5.74) is 1.19. The fourth-order valence-corrected chi connectivity index (χ4v) is 5.08. The van der Waals surface area contributed by atoms with Gasteiger partial charge in [0.25, 0.3) is 0 Å². The Balaban J connectivity index is 1.37. The third kappa shape index (κ3) is 4.25. The van der Waals surface area contributed by atoms with Crippen LogP contribution in [-0.2, 0) is 0 Å². The molecule has 3 aromatic heterocycles. The third-order valence-electron chi connectivity index (χ3n) is 5.48. The Hall–Kier alpha value is -2.46. The van der Waals surface area contributed by atoms with Crippen LogP contribution in [0.2, 0.25) is 5.02 Å². The maximum atomic E-state index is 11.2. The molecule has 1 aliphatic rings. The molecule has 168 valence electrons. The molecule has 0 bridgehead atoms. The number of halogens is 1. The molecular formula is C22H24ClN5O3S. The zero-order valence-corrected chi connectivity index (χ0v) is 19.3. The first-order valence-corrected chi connectivity index (χ1v) is 11.7. The normalized spacial score (nSPS) is 15.4. The van der Waals surface area contributed by atoms with E-state index in [2.05, 4.69) is 15.3 Å². The summed E-state index contributed by atoms with van der Waals surface area (Å²) >= 11 is 8.07. The molecule has 1 aliphatic carbocycles. The first-order valence-electron chi connectivity index (χ1n) is 10.5. The number of aliphatic hydroxyl groups is 2. The van der Waals surface area contributed by atoms with Gasteiger partial charge in [0, 0.05) is 11.3 Å². The van der Waals surface area contributed by atoms with Gasteiger partial charge in [-0.2, -0.15) is 0 Å². The van der Waals surface area contributed by atoms with Gasteiger partial charge in [0.05, 0.1) is 41.0 Å². The lowest BCUT2D eigenvalue weighted by molar-refractivity contribution is 0.0553. The Labute approximate surface area is 194 Å². The summed E-state index contributed by atoms with van der Waals surface area (Å²) in [5.74, 6) is 1.04. The van der Waals surface area contributed by atoms with Crippen molar-refractivity contribution in [2.24, 2.45) is 0 Å². The van der Waals surface area contributed by atoms with Gasteiger partial charge < -0.3 is 14.9 Å². The van der Waals surface area contributed by atoms with E-state index in [0.29, 0.717) is 41.1 Å². The first kappa shape index (κ1) is 21.4. The lowest BCUT2D eigenvalue weighted by Crippen LogP contribution is -2.21. The highest BCUT2D eigenvalue weighted by atomic mass is 35.5. The molecule has 0 saturated heterocycles. The molecule has 1 atom stereocenters. The quantitative estimate of drug-likeness (QED) is 0.399. The average Bonchev–Trinajstić information content (AvgIpc) is 3.13. The zero-order valence-electron chi connectivity index (χ0n) is 17.8. The monoisotopic (exact) mass is 473 g/mol. The standard InChI is InChI=1S/C22H24ClN5O3S/c1-22(2,30)7-8-31-17-6-5-14(9-15(17)23)28-11-16(25-26-28)20(29)19-21(13-3-4-13)32-18-10-24-12-27(18)19/h5-6,9-13,20,29-30H,3-4,7-8H2,1-2H3. The van der Waals surface area contributed by atoms with Crippen LogP contribution in [0.4, 0.5) is 0 Å². The van der Waals surface area contributed by atoms with E-state index in [1.165, 1.54) is 4.88 Å². The smallest absolute Gasteiger partial charge is 0.141 e. The van der Waals surface area contributed by atoms with Crippen LogP contribution in [0.15, 0.2) is 36.9 Å². The Morgan fingerprint density at radius 2 is 2.16 bits per heavy atom. The number of hydrogen-bond acceptors (Lipinski definition) is 7. The van der Waals surface area contributed by atoms with Gasteiger partial charge in [-0.3, -0.25) is 4.40 Å². The minimum Gasteiger partial charge on any atom is -0.492 e. The van der Waals surface area contributed by atoms with Crippen molar-refractivity contribution in [3.63, 3.8) is 0 Å². The van der Waals surface area contributed by atoms with Crippen molar-refractivity contribution in [3.8, 4) is 11.4 Å². The lowest BCUT2D eigenvalue weighted by atomic mass is 10.1. The van der Waals surface area contributed by atoms with E-state index < -0.39 is 11.7 Å². The van der Waals surface area contributed by atoms with Crippen molar-refractivity contribution < 1.29 is 14.9 Å². The van der Waals surface area contributed by atoms with Gasteiger partial charge in [0.2, 0.25) is 0 Å². The summed E-state index contributed by atoms with van der Waals surface area (Å²) in [5, 5.41) is 29.8. The minimum absolute atomic E-state index is 0.356. The van der Waals surface area contributed by atoms with E-state index in [4.69, 9.17) is 16.3 Å². The summed E-state index contributed by atoms with van der Waals surface area (Å²) in [6.07, 6.45) is 7.14. The van der Waals surface area contributed by atoms with Crippen molar-refractivity contribution in [2.75, 3.05) is 6.61 Å². The first-order chi connectivity index (χ1) is 15.3. The fraction of sp³-hybridized carbons (Fsp3) is 0.409. The highest BCUT2D eigenvalue weighted by Crippen LogP contribution is 2.47. The van der Waals surface area contributed by atoms with E-state index >= 15 is 0 Å². The van der Waals surface area contributed by atoms with Crippen LogP contribution in [0.3, 0.4) is 0 Å². The largest absolute Gasteiger partial charge is 0.492 e. The zero-order chi connectivity index (χ0) is 22.5. The molecular weight excluding hydrogens is 450 g/mol. The molecule has 8 nitrogen and oxygen atoms in total. The number of ether oxygens (including phenoxy) is 1. The molecule has 10 heteroatoms. The molecule has 2 N–H and O–H groups in total. The second-order valence-electron chi connectivity index (χ2n) is 8.74. The van der Waals surface area contributed by atoms with Crippen molar-refractivity contribution in [3.05, 3.63) is 58.2 Å². The highest BCUT2D eigenvalue weighted by molar-refractivity contribution is 7.17. The number of nitrogens with zero attached hydrogens (tertiary/aromatic N) is 5. The number of aromatic nitrogens is 5. The highest BCUT2D eigenvalue weighted by Gasteiger charge is 2.33. The predicted octanol–water partition coefficient (Wildman–Crippen LogP) is 4.13. The van der Waals surface area contributed by atoms with E-state index in [0.717, 1.165) is 23.4 Å². The van der Waals surface area contributed by atoms with Crippen LogP contribution in [0.5, 0.6) is 5.75 Å². The number of thiazole rings is 1. The lowest BCUT2D eigenvalue weighted by Gasteiger charge is -2.17. The Bertz CT molecular complexity index is 1250. The second-order valence-corrected chi connectivity index (χ2v) is 10.2. The summed E-state index contributed by atoms with van der Waals surface area (Å²) in [4.78, 5) is 6.41. The topological polar surface area (TPSA) is 97.7 Å². The Morgan fingerprint density at radius 3 is 2.88 bits per heavy atom. The van der Waals surface area contributed by atoms with Crippen LogP contribution in [0.25, 0.3) is 10.5 Å². The number of rotatable bonds is 8. The summed E-state index contributed by atoms with van der Waals surface area (Å²) < 4.78 is 9.21. The SMILES string of the molecule is CC(C)(O)CCOc1ccc(-n2cc(C(O)c3c(C4CC4)sc4cncn34)nn2)cc1Cl. The number of aliphatic hydroxyl groups excluding tert-OH is 1. The van der Waals surface area contributed by atoms with Gasteiger partial charge >= 0.3 is 0 Å². The molecule has 0 radical (unpaired) electrons. The van der Waals surface area contributed by atoms with Gasteiger partial charge in [-0.1, -0.05) is 16.8 Å². The number of fused-ring (bicyclic) bond motifs is 1. The minimum atomic E-state index is -0.901. The molecule has 1 saturated carbocycles. The van der Waals surface area contributed by atoms with E-state index in [-0.39, 0.29) is 0 Å². The molecule has 32 heavy (non-hydrogen) atoms. The molecule has 1 unspecified atom stereocenters. The molecule has 5 rings (SSSR count). The molecule has 4 aromatic rings. The van der Waals surface area contributed by atoms with Gasteiger partial charge in [0.15, 0.2) is 0 Å². The van der Waals surface area contributed by atoms with Crippen molar-refractivity contribution in [2.45, 2.75) is 50.7 Å². The van der Waals surface area contributed by atoms with Gasteiger partial charge in [-0.05, 0) is 50.8 Å². The van der Waals surface area contributed by atoms with Crippen LogP contribution < -0.4 is 4.74 Å². The third-order valence-corrected chi connectivity index (χ3v) is 7.05. The van der Waals surface area contributed by atoms with E-state index in [9.17, 15) is 10.2 Å². The van der Waals surface area contributed by atoms with Crippen molar-refractivity contribution >= 4 is 27.8 Å². The maximum absolute atomic E-state index is 11.2. The number of hydrogen-bond donors (Lipinski definition) is 2. The molecule has 0 spiro atoms. The second kappa shape index (κ2) is 8.15. The molecule has 3 heterocycles. The molecule has 1 aromatic carbocycles. The predicted molar refractivity (Wildman–Crippen MR) is 122 cm³/mol. The van der Waals surface area contributed by atoms with Crippen LogP contribution >= 0.6 is 22.9 Å².